The maximum atomic E-state index is 12.4. The van der Waals surface area contributed by atoms with Crippen LogP contribution in [0, 0.1) is 0 Å². The fourth-order valence-electron chi connectivity index (χ4n) is 2.55. The number of carbonyl (C=O) groups excluding carboxylic acids is 4. The third kappa shape index (κ3) is 6.48. The van der Waals surface area contributed by atoms with E-state index < -0.39 is 65.0 Å². The fourth-order valence-corrected chi connectivity index (χ4v) is 3.23. The molecule has 1 aromatic rings. The van der Waals surface area contributed by atoms with E-state index in [4.69, 9.17) is 5.73 Å². The molecule has 0 saturated carbocycles. The van der Waals surface area contributed by atoms with Crippen molar-refractivity contribution in [1.29, 1.82) is 0 Å². The molecule has 0 aliphatic carbocycles. The van der Waals surface area contributed by atoms with Gasteiger partial charge in [-0.05, 0) is 5.56 Å². The number of rotatable bonds is 8. The minimum Gasteiger partial charge on any atom is -0.731 e. The minimum atomic E-state index is -4.96. The fraction of sp³-hybridized carbons (Fsp3) is 0.375. The molecule has 1 aliphatic heterocycles. The van der Waals surface area contributed by atoms with Crippen molar-refractivity contribution in [2.75, 3.05) is 13.6 Å². The quantitative estimate of drug-likeness (QED) is 0.171. The van der Waals surface area contributed by atoms with Gasteiger partial charge in [-0.3, -0.25) is 19.2 Å². The number of hydrogen-bond acceptors (Lipinski definition) is 8. The Balaban J connectivity index is 0.00000450. The molecule has 12 nitrogen and oxygen atoms in total. The molecule has 0 aromatic heterocycles. The molecule has 1 saturated heterocycles. The van der Waals surface area contributed by atoms with Crippen molar-refractivity contribution in [3.63, 3.8) is 0 Å². The average molecular weight is 449 g/mol. The maximum Gasteiger partial charge on any atom is 1.00 e. The first kappa shape index (κ1) is 26.0. The van der Waals surface area contributed by atoms with Crippen molar-refractivity contribution >= 4 is 33.9 Å². The van der Waals surface area contributed by atoms with Gasteiger partial charge >= 0.3 is 29.6 Å². The van der Waals surface area contributed by atoms with E-state index in [-0.39, 0.29) is 33.9 Å². The van der Waals surface area contributed by atoms with E-state index in [9.17, 15) is 32.1 Å². The first-order valence-corrected chi connectivity index (χ1v) is 9.80. The summed E-state index contributed by atoms with van der Waals surface area (Å²) in [6.45, 7) is -0.527. The topological polar surface area (TPSA) is 191 Å². The van der Waals surface area contributed by atoms with Crippen molar-refractivity contribution in [1.82, 2.24) is 20.3 Å². The van der Waals surface area contributed by atoms with E-state index in [2.05, 4.69) is 16.0 Å². The summed E-state index contributed by atoms with van der Waals surface area (Å²) >= 11 is 0. The van der Waals surface area contributed by atoms with Gasteiger partial charge in [-0.15, -0.1) is 0 Å². The monoisotopic (exact) mass is 449 g/mol. The number of β-lactam (4-membered cyclic amide) rings is 1. The second-order valence-electron chi connectivity index (χ2n) is 6.22. The predicted octanol–water partition coefficient (Wildman–Crippen LogP) is -5.90. The molecule has 2 rings (SSSR count). The van der Waals surface area contributed by atoms with Gasteiger partial charge < -0.3 is 26.2 Å². The van der Waals surface area contributed by atoms with Crippen LogP contribution in [-0.2, 0) is 29.5 Å². The smallest absolute Gasteiger partial charge is 0.731 e. The third-order valence-corrected chi connectivity index (χ3v) is 5.09. The minimum absolute atomic E-state index is 0. The van der Waals surface area contributed by atoms with Crippen LogP contribution in [0.15, 0.2) is 30.3 Å². The Hall–Kier alpha value is -2.03. The third-order valence-electron chi connectivity index (χ3n) is 4.22. The Morgan fingerprint density at radius 3 is 2.33 bits per heavy atom. The van der Waals surface area contributed by atoms with Gasteiger partial charge in [0, 0.05) is 7.05 Å². The van der Waals surface area contributed by atoms with Gasteiger partial charge in [0.25, 0.3) is 5.91 Å². The van der Waals surface area contributed by atoms with Crippen LogP contribution < -0.4 is 51.2 Å². The van der Waals surface area contributed by atoms with Crippen molar-refractivity contribution < 1.29 is 61.7 Å². The summed E-state index contributed by atoms with van der Waals surface area (Å²) in [6, 6.07) is 4.58. The van der Waals surface area contributed by atoms with Crippen LogP contribution in [0.2, 0.25) is 0 Å². The maximum absolute atomic E-state index is 12.4. The number of nitrogens with one attached hydrogen (secondary N) is 3. The number of amides is 4. The summed E-state index contributed by atoms with van der Waals surface area (Å²) in [5.74, 6) is -3.30. The molecule has 14 heteroatoms. The average Bonchev–Trinajstić information content (AvgIpc) is 2.68. The number of nitrogens with zero attached hydrogens (tertiary/aromatic N) is 1. The molecule has 1 fully saturated rings. The normalized spacial score (nSPS) is 17.6. The molecule has 1 heterocycles. The van der Waals surface area contributed by atoms with Gasteiger partial charge in [0.05, 0.1) is 13.0 Å². The summed E-state index contributed by atoms with van der Waals surface area (Å²) in [5, 5.41) is 6.87. The second kappa shape index (κ2) is 10.8. The predicted molar refractivity (Wildman–Crippen MR) is 97.3 cm³/mol. The van der Waals surface area contributed by atoms with E-state index >= 15 is 0 Å². The van der Waals surface area contributed by atoms with Gasteiger partial charge in [0.1, 0.15) is 18.1 Å². The molecule has 5 N–H and O–H groups in total. The van der Waals surface area contributed by atoms with Crippen LogP contribution in [0.4, 0.5) is 0 Å². The van der Waals surface area contributed by atoms with Gasteiger partial charge in [-0.2, -0.15) is 0 Å². The van der Waals surface area contributed by atoms with Crippen molar-refractivity contribution in [2.24, 2.45) is 5.73 Å². The Labute approximate surface area is 195 Å². The van der Waals surface area contributed by atoms with E-state index in [1.807, 2.05) is 0 Å². The molecule has 1 aromatic carbocycles. The molecule has 3 unspecified atom stereocenters. The van der Waals surface area contributed by atoms with E-state index in [0.29, 0.717) is 5.56 Å². The molecule has 0 radical (unpaired) electrons. The molecule has 30 heavy (non-hydrogen) atoms. The van der Waals surface area contributed by atoms with Crippen LogP contribution in [0.3, 0.4) is 0 Å². The largest absolute Gasteiger partial charge is 1.00 e. The molecular formula is C16H20N5NaO7S. The Kier molecular flexibility index (Phi) is 9.39. The second-order valence-corrected chi connectivity index (χ2v) is 7.51. The zero-order chi connectivity index (χ0) is 21.8. The van der Waals surface area contributed by atoms with Crippen molar-refractivity contribution in [3.8, 4) is 0 Å². The van der Waals surface area contributed by atoms with Crippen LogP contribution in [0.5, 0.6) is 0 Å². The molecule has 4 amide bonds. The Bertz CT molecular complexity index is 912. The summed E-state index contributed by atoms with van der Waals surface area (Å²) in [7, 11) is -3.62. The summed E-state index contributed by atoms with van der Waals surface area (Å²) in [4.78, 5) is 48.3. The van der Waals surface area contributed by atoms with E-state index in [1.54, 1.807) is 30.3 Å². The Morgan fingerprint density at radius 2 is 1.83 bits per heavy atom. The van der Waals surface area contributed by atoms with Crippen molar-refractivity contribution in [2.45, 2.75) is 24.5 Å². The molecule has 0 spiro atoms. The number of benzene rings is 1. The molecule has 158 valence electrons. The first-order chi connectivity index (χ1) is 13.5. The molecule has 1 aliphatic rings. The molecular weight excluding hydrogens is 429 g/mol. The van der Waals surface area contributed by atoms with Gasteiger partial charge in [-0.1, -0.05) is 30.3 Å². The van der Waals surface area contributed by atoms with Gasteiger partial charge in [0.2, 0.25) is 17.7 Å². The standard InChI is InChI=1S/C16H21N5O7S.Na/c1-18-12(22)7-10(19-15(24)13(17)9-5-3-2-4-6-9)14(23)20-11-8-21(16(11)25)29(26,27)28;/h2-6,10-11,13H,7-8,17H2,1H3,(H,18,22)(H,19,24)(H,20,23)(H,26,27,28);/q;+1/p-1. The van der Waals surface area contributed by atoms with Gasteiger partial charge in [-0.25, -0.2) is 12.7 Å². The Morgan fingerprint density at radius 1 is 1.23 bits per heavy atom. The first-order valence-electron chi connectivity index (χ1n) is 8.44. The van der Waals surface area contributed by atoms with Gasteiger partial charge in [0.15, 0.2) is 10.3 Å². The zero-order valence-corrected chi connectivity index (χ0v) is 19.1. The summed E-state index contributed by atoms with van der Waals surface area (Å²) in [5.41, 5.74) is 6.35. The summed E-state index contributed by atoms with van der Waals surface area (Å²) < 4.78 is 32.6. The zero-order valence-electron chi connectivity index (χ0n) is 16.3. The number of nitrogens with two attached hydrogens (primary N) is 1. The van der Waals surface area contributed by atoms with Crippen LogP contribution in [-0.4, -0.2) is 66.6 Å². The SMILES string of the molecule is CNC(=O)CC(NC(=O)C(N)c1ccccc1)C(=O)NC1CN(S(=O)(=O)[O-])C1=O.[Na+]. The molecule has 0 bridgehead atoms. The number of hydrogen-bond donors (Lipinski definition) is 4. The van der Waals surface area contributed by atoms with Crippen molar-refractivity contribution in [3.05, 3.63) is 35.9 Å². The van der Waals surface area contributed by atoms with Crippen LogP contribution >= 0.6 is 0 Å². The summed E-state index contributed by atoms with van der Waals surface area (Å²) in [6.07, 6.45) is -0.444. The van der Waals surface area contributed by atoms with E-state index in [0.717, 1.165) is 0 Å². The molecule has 3 atom stereocenters. The number of carbonyl (C=O) groups is 4. The van der Waals surface area contributed by atoms with Crippen LogP contribution in [0.25, 0.3) is 0 Å². The van der Waals surface area contributed by atoms with Crippen LogP contribution in [0.1, 0.15) is 18.0 Å². The van der Waals surface area contributed by atoms with E-state index in [1.165, 1.54) is 7.05 Å².